The zero-order valence-electron chi connectivity index (χ0n) is 13.9. The summed E-state index contributed by atoms with van der Waals surface area (Å²) in [6.45, 7) is 5.04. The van der Waals surface area contributed by atoms with Gasteiger partial charge in [-0.3, -0.25) is 10.1 Å². The molecule has 0 aliphatic carbocycles. The van der Waals surface area contributed by atoms with Crippen molar-refractivity contribution in [1.29, 1.82) is 0 Å². The van der Waals surface area contributed by atoms with Crippen molar-refractivity contribution in [2.75, 3.05) is 19.0 Å². The van der Waals surface area contributed by atoms with Gasteiger partial charge in [-0.1, -0.05) is 17.4 Å². The highest BCUT2D eigenvalue weighted by Gasteiger charge is 2.25. The Kier molecular flexibility index (Phi) is 4.53. The molecule has 24 heavy (non-hydrogen) atoms. The normalized spacial score (nSPS) is 13.4. The minimum atomic E-state index is -0.338. The molecule has 126 valence electrons. The maximum absolute atomic E-state index is 12.4. The van der Waals surface area contributed by atoms with E-state index in [1.165, 1.54) is 18.4 Å². The van der Waals surface area contributed by atoms with E-state index in [1.54, 1.807) is 4.90 Å². The Labute approximate surface area is 144 Å². The number of anilines is 1. The van der Waals surface area contributed by atoms with Crippen molar-refractivity contribution in [3.05, 3.63) is 45.5 Å². The molecule has 0 radical (unpaired) electrons. The van der Waals surface area contributed by atoms with Gasteiger partial charge in [0.15, 0.2) is 5.13 Å². The predicted octanol–water partition coefficient (Wildman–Crippen LogP) is 3.14. The monoisotopic (exact) mass is 345 g/mol. The van der Waals surface area contributed by atoms with E-state index in [2.05, 4.69) is 10.3 Å². The summed E-state index contributed by atoms with van der Waals surface area (Å²) in [6, 6.07) is 5.62. The maximum Gasteiger partial charge on any atom is 0.409 e. The van der Waals surface area contributed by atoms with Crippen LogP contribution in [-0.2, 0) is 17.7 Å². The summed E-state index contributed by atoms with van der Waals surface area (Å²) in [5.74, 6) is -0.172. The Hall–Kier alpha value is -2.41. The smallest absolute Gasteiger partial charge is 0.409 e. The van der Waals surface area contributed by atoms with Crippen LogP contribution in [0.2, 0.25) is 0 Å². The number of aromatic nitrogens is 1. The van der Waals surface area contributed by atoms with E-state index < -0.39 is 0 Å². The molecule has 1 aliphatic heterocycles. The van der Waals surface area contributed by atoms with Crippen molar-refractivity contribution in [1.82, 2.24) is 9.88 Å². The number of fused-ring (bicyclic) bond motifs is 1. The van der Waals surface area contributed by atoms with Crippen molar-refractivity contribution in [3.8, 4) is 0 Å². The second-order valence-electron chi connectivity index (χ2n) is 5.78. The van der Waals surface area contributed by atoms with Gasteiger partial charge in [0.2, 0.25) is 0 Å². The van der Waals surface area contributed by atoms with E-state index in [-0.39, 0.29) is 12.0 Å². The van der Waals surface area contributed by atoms with Crippen LogP contribution in [0, 0.1) is 13.8 Å². The number of benzene rings is 1. The fourth-order valence-electron chi connectivity index (χ4n) is 2.59. The third-order valence-corrected chi connectivity index (χ3v) is 5.15. The number of methoxy groups -OCH3 is 1. The molecule has 0 atom stereocenters. The molecule has 2 heterocycles. The maximum atomic E-state index is 12.4. The Morgan fingerprint density at radius 2 is 2.08 bits per heavy atom. The first-order valence-electron chi connectivity index (χ1n) is 7.68. The molecule has 7 heteroatoms. The lowest BCUT2D eigenvalue weighted by Crippen LogP contribution is -2.35. The van der Waals surface area contributed by atoms with Crippen LogP contribution in [0.4, 0.5) is 9.93 Å². The molecule has 0 bridgehead atoms. The number of hydrogen-bond acceptors (Lipinski definition) is 5. The van der Waals surface area contributed by atoms with Crippen molar-refractivity contribution >= 4 is 28.5 Å². The first-order valence-corrected chi connectivity index (χ1v) is 8.49. The molecule has 0 fully saturated rings. The molecule has 6 nitrogen and oxygen atoms in total. The SMILES string of the molecule is COC(=O)N1CCc2nc(NC(=O)c3ccc(C)c(C)c3)sc2C1. The van der Waals surface area contributed by atoms with Crippen molar-refractivity contribution in [2.24, 2.45) is 0 Å². The average molecular weight is 345 g/mol. The van der Waals surface area contributed by atoms with Gasteiger partial charge in [0, 0.05) is 23.4 Å². The summed E-state index contributed by atoms with van der Waals surface area (Å²) >= 11 is 1.40. The van der Waals surface area contributed by atoms with Crippen LogP contribution in [0.5, 0.6) is 0 Å². The zero-order chi connectivity index (χ0) is 17.3. The van der Waals surface area contributed by atoms with E-state index >= 15 is 0 Å². The Balaban J connectivity index is 1.73. The van der Waals surface area contributed by atoms with Crippen molar-refractivity contribution in [2.45, 2.75) is 26.8 Å². The van der Waals surface area contributed by atoms with Gasteiger partial charge < -0.3 is 9.64 Å². The van der Waals surface area contributed by atoms with E-state index in [0.29, 0.717) is 30.2 Å². The second kappa shape index (κ2) is 6.60. The lowest BCUT2D eigenvalue weighted by molar-refractivity contribution is 0.102. The Morgan fingerprint density at radius 3 is 2.79 bits per heavy atom. The number of ether oxygens (including phenoxy) is 1. The van der Waals surface area contributed by atoms with E-state index in [9.17, 15) is 9.59 Å². The molecule has 1 aliphatic rings. The summed E-state index contributed by atoms with van der Waals surface area (Å²) in [5, 5.41) is 3.42. The minimum absolute atomic E-state index is 0.172. The molecule has 1 N–H and O–H groups in total. The number of nitrogens with zero attached hydrogens (tertiary/aromatic N) is 2. The fourth-order valence-corrected chi connectivity index (χ4v) is 3.60. The van der Waals surface area contributed by atoms with E-state index in [4.69, 9.17) is 4.74 Å². The molecule has 0 saturated carbocycles. The average Bonchev–Trinajstić information content (AvgIpc) is 2.97. The highest BCUT2D eigenvalue weighted by Crippen LogP contribution is 2.29. The molecular formula is C17H19N3O3S. The summed E-state index contributed by atoms with van der Waals surface area (Å²) in [7, 11) is 1.37. The number of rotatable bonds is 2. The molecule has 1 aromatic heterocycles. The van der Waals surface area contributed by atoms with Gasteiger partial charge in [-0.25, -0.2) is 9.78 Å². The quantitative estimate of drug-likeness (QED) is 0.908. The zero-order valence-corrected chi connectivity index (χ0v) is 14.7. The van der Waals surface area contributed by atoms with Gasteiger partial charge in [-0.15, -0.1) is 0 Å². The summed E-state index contributed by atoms with van der Waals surface area (Å²) in [6.07, 6.45) is 0.329. The molecule has 2 aromatic rings. The molecule has 0 spiro atoms. The van der Waals surface area contributed by atoms with Crippen LogP contribution < -0.4 is 5.32 Å². The van der Waals surface area contributed by atoms with Gasteiger partial charge in [-0.2, -0.15) is 0 Å². The highest BCUT2D eigenvalue weighted by molar-refractivity contribution is 7.15. The van der Waals surface area contributed by atoms with Crippen LogP contribution in [-0.4, -0.2) is 35.5 Å². The van der Waals surface area contributed by atoms with Gasteiger partial charge in [-0.05, 0) is 37.1 Å². The Bertz CT molecular complexity index is 800. The first kappa shape index (κ1) is 16.4. The summed E-state index contributed by atoms with van der Waals surface area (Å²) in [4.78, 5) is 31.1. The van der Waals surface area contributed by atoms with Crippen molar-refractivity contribution < 1.29 is 14.3 Å². The predicted molar refractivity (Wildman–Crippen MR) is 92.5 cm³/mol. The summed E-state index contributed by atoms with van der Waals surface area (Å²) < 4.78 is 4.76. The van der Waals surface area contributed by atoms with Crippen LogP contribution >= 0.6 is 11.3 Å². The molecule has 1 aromatic carbocycles. The molecule has 0 saturated heterocycles. The van der Waals surface area contributed by atoms with Gasteiger partial charge in [0.1, 0.15) is 0 Å². The minimum Gasteiger partial charge on any atom is -0.453 e. The topological polar surface area (TPSA) is 71.5 Å². The van der Waals surface area contributed by atoms with E-state index in [1.807, 2.05) is 32.0 Å². The van der Waals surface area contributed by atoms with E-state index in [0.717, 1.165) is 21.7 Å². The number of thiazole rings is 1. The number of amides is 2. The number of hydrogen-bond donors (Lipinski definition) is 1. The van der Waals surface area contributed by atoms with Gasteiger partial charge >= 0.3 is 6.09 Å². The van der Waals surface area contributed by atoms with Crippen LogP contribution in [0.25, 0.3) is 0 Å². The highest BCUT2D eigenvalue weighted by atomic mass is 32.1. The number of carbonyl (C=O) groups excluding carboxylic acids is 2. The molecule has 2 amide bonds. The first-order chi connectivity index (χ1) is 11.5. The van der Waals surface area contributed by atoms with Crippen molar-refractivity contribution in [3.63, 3.8) is 0 Å². The molecule has 3 rings (SSSR count). The second-order valence-corrected chi connectivity index (χ2v) is 6.87. The largest absolute Gasteiger partial charge is 0.453 e. The lowest BCUT2D eigenvalue weighted by Gasteiger charge is -2.24. The lowest BCUT2D eigenvalue weighted by atomic mass is 10.1. The number of aryl methyl sites for hydroxylation is 2. The number of nitrogens with one attached hydrogen (secondary N) is 1. The van der Waals surface area contributed by atoms with Gasteiger partial charge in [0.25, 0.3) is 5.91 Å². The third-order valence-electron chi connectivity index (χ3n) is 4.15. The Morgan fingerprint density at radius 1 is 1.29 bits per heavy atom. The third kappa shape index (κ3) is 3.26. The van der Waals surface area contributed by atoms with Crippen LogP contribution in [0.15, 0.2) is 18.2 Å². The van der Waals surface area contributed by atoms with Crippen LogP contribution in [0.1, 0.15) is 32.1 Å². The fraction of sp³-hybridized carbons (Fsp3) is 0.353. The van der Waals surface area contributed by atoms with Gasteiger partial charge in [0.05, 0.1) is 19.3 Å². The standard InChI is InChI=1S/C17H19N3O3S/c1-10-4-5-12(8-11(10)2)15(21)19-16-18-13-6-7-20(17(22)23-3)9-14(13)24-16/h4-5,8H,6-7,9H2,1-3H3,(H,18,19,21). The van der Waals surface area contributed by atoms with Crippen LogP contribution in [0.3, 0.4) is 0 Å². The molecular weight excluding hydrogens is 326 g/mol. The number of carbonyl (C=O) groups is 2. The summed E-state index contributed by atoms with van der Waals surface area (Å²) in [5.41, 5.74) is 3.78. The molecule has 0 unspecified atom stereocenters.